The Bertz CT molecular complexity index is 2640. The van der Waals surface area contributed by atoms with E-state index in [4.69, 9.17) is 14.2 Å². The zero-order chi connectivity index (χ0) is 35.0. The summed E-state index contributed by atoms with van der Waals surface area (Å²) in [6.45, 7) is 4.77. The number of carbonyl (C=O) groups is 1. The van der Waals surface area contributed by atoms with Crippen molar-refractivity contribution < 1.29 is 24.1 Å². The maximum atomic E-state index is 12.9. The zero-order valence-corrected chi connectivity index (χ0v) is 29.6. The number of rotatable bonds is 2. The molecule has 0 aromatic heterocycles. The number of hydrogen-bond donors (Lipinski definition) is 1. The molecule has 0 radical (unpaired) electrons. The second-order valence-corrected chi connectivity index (χ2v) is 15.8. The van der Waals surface area contributed by atoms with Crippen LogP contribution in [0.5, 0.6) is 23.0 Å². The van der Waals surface area contributed by atoms with Gasteiger partial charge in [0.05, 0.1) is 17.7 Å². The van der Waals surface area contributed by atoms with Gasteiger partial charge in [0.25, 0.3) is 0 Å². The zero-order valence-electron chi connectivity index (χ0n) is 29.6. The molecule has 262 valence electrons. The van der Waals surface area contributed by atoms with Crippen molar-refractivity contribution in [1.29, 1.82) is 0 Å². The van der Waals surface area contributed by atoms with Gasteiger partial charge in [-0.1, -0.05) is 42.5 Å². The van der Waals surface area contributed by atoms with Gasteiger partial charge in [0, 0.05) is 70.2 Å². The lowest BCUT2D eigenvalue weighted by molar-refractivity contribution is 0.0196. The summed E-state index contributed by atoms with van der Waals surface area (Å²) in [4.78, 5) is 15.4. The number of benzene rings is 5. The Balaban J connectivity index is 1.19. The Kier molecular flexibility index (Phi) is 6.15. The van der Waals surface area contributed by atoms with E-state index < -0.39 is 11.6 Å². The molecule has 1 unspecified atom stereocenters. The van der Waals surface area contributed by atoms with E-state index in [1.165, 1.54) is 38.9 Å². The largest absolute Gasteiger partial charge is 0.478 e. The van der Waals surface area contributed by atoms with Gasteiger partial charge in [-0.05, 0) is 91.1 Å². The lowest BCUT2D eigenvalue weighted by Crippen LogP contribution is -2.45. The van der Waals surface area contributed by atoms with Crippen molar-refractivity contribution in [2.75, 3.05) is 31.1 Å². The van der Waals surface area contributed by atoms with Crippen molar-refractivity contribution in [2.45, 2.75) is 63.6 Å². The van der Waals surface area contributed by atoms with Crippen LogP contribution in [0.25, 0.3) is 5.57 Å². The number of carboxylic acid groups (broad SMARTS) is 1. The van der Waals surface area contributed by atoms with Gasteiger partial charge in [0.1, 0.15) is 36.1 Å². The first kappa shape index (κ1) is 30.1. The summed E-state index contributed by atoms with van der Waals surface area (Å²) in [5.74, 6) is 2.28. The Morgan fingerprint density at radius 1 is 0.698 bits per heavy atom. The smallest absolute Gasteiger partial charge is 0.336 e. The van der Waals surface area contributed by atoms with E-state index in [2.05, 4.69) is 58.0 Å². The number of ether oxygens (including phenoxy) is 3. The molecule has 0 aliphatic carbocycles. The average molecular weight is 700 g/mol. The lowest BCUT2D eigenvalue weighted by atomic mass is 9.74. The third-order valence-electron chi connectivity index (χ3n) is 13.0. The molecule has 5 aromatic rings. The van der Waals surface area contributed by atoms with E-state index in [1.54, 1.807) is 6.07 Å². The van der Waals surface area contributed by atoms with Crippen molar-refractivity contribution in [2.24, 2.45) is 0 Å². The summed E-state index contributed by atoms with van der Waals surface area (Å²) in [6, 6.07) is 25.0. The van der Waals surface area contributed by atoms with Crippen LogP contribution in [0, 0.1) is 0 Å². The number of nitrogens with zero attached hydrogens (tertiary/aromatic N) is 2. The normalized spacial score (nSPS) is 20.9. The Morgan fingerprint density at radius 3 is 2.38 bits per heavy atom. The van der Waals surface area contributed by atoms with Gasteiger partial charge in [0.15, 0.2) is 5.60 Å². The average Bonchev–Trinajstić information content (AvgIpc) is 3.57. The molecule has 0 amide bonds. The van der Waals surface area contributed by atoms with Crippen LogP contribution in [0.3, 0.4) is 0 Å². The Labute approximate surface area is 307 Å². The first-order valence-corrected chi connectivity index (χ1v) is 19.4. The van der Waals surface area contributed by atoms with Crippen LogP contribution in [0.2, 0.25) is 0 Å². The molecule has 0 fully saturated rings. The molecule has 1 atom stereocenters. The van der Waals surface area contributed by atoms with Crippen molar-refractivity contribution in [3.63, 3.8) is 0 Å². The van der Waals surface area contributed by atoms with Crippen LogP contribution in [0.1, 0.15) is 91.7 Å². The highest BCUT2D eigenvalue weighted by atomic mass is 16.5. The molecule has 5 aromatic carbocycles. The molecule has 0 saturated carbocycles. The standard InChI is InChI=1S/C46H38N2O5/c49-45(50)30-13-3-2-12-29(30)40-33-23-39-36(24-38(33)52-43-31-14-7-19-47-17-5-10-26(41(31)47)21-34(40)43)46(35-16-4-1-9-28(35)25-51-46)37-22-27-11-6-18-48-20-8-15-32(42(27)48)44(37)53-39/h1-4,9,12-13,16,21-24H,5-8,10-11,14-15,17-20,25H2/p+1. The van der Waals surface area contributed by atoms with Crippen molar-refractivity contribution in [3.05, 3.63) is 145 Å². The van der Waals surface area contributed by atoms with Gasteiger partial charge in [-0.15, -0.1) is 0 Å². The van der Waals surface area contributed by atoms with E-state index in [9.17, 15) is 9.90 Å². The van der Waals surface area contributed by atoms with E-state index in [-0.39, 0.29) is 5.56 Å². The predicted molar refractivity (Wildman–Crippen MR) is 201 cm³/mol. The van der Waals surface area contributed by atoms with Gasteiger partial charge >= 0.3 is 5.97 Å². The molecule has 7 heterocycles. The number of aryl methyl sites for hydroxylation is 2. The van der Waals surface area contributed by atoms with E-state index in [1.807, 2.05) is 18.2 Å². The highest BCUT2D eigenvalue weighted by Gasteiger charge is 2.52. The molecule has 7 aliphatic rings. The summed E-state index contributed by atoms with van der Waals surface area (Å²) < 4.78 is 24.1. The fraction of sp³-hybridized carbons (Fsp3) is 0.304. The molecular weight excluding hydrogens is 661 g/mol. The molecule has 7 heteroatoms. The van der Waals surface area contributed by atoms with Crippen molar-refractivity contribution in [3.8, 4) is 23.0 Å². The van der Waals surface area contributed by atoms with Crippen molar-refractivity contribution in [1.82, 2.24) is 4.58 Å². The van der Waals surface area contributed by atoms with Crippen LogP contribution in [-0.2, 0) is 42.6 Å². The first-order valence-electron chi connectivity index (χ1n) is 19.4. The Hall–Kier alpha value is -5.40. The van der Waals surface area contributed by atoms with E-state index >= 15 is 0 Å². The fourth-order valence-electron chi connectivity index (χ4n) is 10.9. The lowest BCUT2D eigenvalue weighted by Gasteiger charge is -2.43. The highest BCUT2D eigenvalue weighted by Crippen LogP contribution is 2.61. The molecule has 53 heavy (non-hydrogen) atoms. The van der Waals surface area contributed by atoms with Gasteiger partial charge in [-0.3, -0.25) is 0 Å². The van der Waals surface area contributed by atoms with Crippen LogP contribution in [0.4, 0.5) is 5.69 Å². The predicted octanol–water partition coefficient (Wildman–Crippen LogP) is 6.75. The minimum atomic E-state index is -0.945. The third kappa shape index (κ3) is 3.98. The number of aromatic carboxylic acids is 1. The molecule has 1 N–H and O–H groups in total. The van der Waals surface area contributed by atoms with Gasteiger partial charge in [0.2, 0.25) is 5.36 Å². The molecular formula is C46H39N2O5+. The topological polar surface area (TPSA) is 71.2 Å². The summed E-state index contributed by atoms with van der Waals surface area (Å²) in [7, 11) is 0. The number of carboxylic acids is 1. The SMILES string of the molecule is O=C(O)c1ccccc1C1=c2cc3c4c(c2Oc2cc5c(cc21)Oc1c(cc2c6c1CCCN6CCC2)C51OCc2ccccc21)CCC[N+]=4CCC3. The van der Waals surface area contributed by atoms with Crippen molar-refractivity contribution >= 4 is 17.2 Å². The first-order chi connectivity index (χ1) is 26.1. The number of hydrogen-bond acceptors (Lipinski definition) is 5. The minimum Gasteiger partial charge on any atom is -0.478 e. The van der Waals surface area contributed by atoms with Crippen LogP contribution in [-0.4, -0.2) is 37.3 Å². The third-order valence-corrected chi connectivity index (χ3v) is 13.0. The number of fused-ring (bicyclic) bond motifs is 10. The second-order valence-electron chi connectivity index (χ2n) is 15.8. The number of anilines is 1. The summed E-state index contributed by atoms with van der Waals surface area (Å²) in [5.41, 5.74) is 12.8. The van der Waals surface area contributed by atoms with E-state index in [0.717, 1.165) is 128 Å². The van der Waals surface area contributed by atoms with Gasteiger partial charge in [-0.2, -0.15) is 0 Å². The van der Waals surface area contributed by atoms with Crippen LogP contribution >= 0.6 is 0 Å². The highest BCUT2D eigenvalue weighted by molar-refractivity contribution is 5.98. The minimum absolute atomic E-state index is 0.277. The quantitative estimate of drug-likeness (QED) is 0.202. The second kappa shape index (κ2) is 10.8. The van der Waals surface area contributed by atoms with E-state index in [0.29, 0.717) is 17.9 Å². The monoisotopic (exact) mass is 699 g/mol. The maximum Gasteiger partial charge on any atom is 0.336 e. The van der Waals surface area contributed by atoms with Crippen LogP contribution < -0.4 is 29.5 Å². The fourth-order valence-corrected chi connectivity index (χ4v) is 10.9. The molecule has 0 bridgehead atoms. The van der Waals surface area contributed by atoms with Gasteiger partial charge in [-0.25, -0.2) is 9.37 Å². The molecule has 12 rings (SSSR count). The summed E-state index contributed by atoms with van der Waals surface area (Å²) in [6.07, 6.45) is 8.35. The van der Waals surface area contributed by atoms with Crippen LogP contribution in [0.15, 0.2) is 72.8 Å². The molecule has 1 spiro atoms. The molecule has 7 aliphatic heterocycles. The van der Waals surface area contributed by atoms with Gasteiger partial charge < -0.3 is 24.2 Å². The maximum absolute atomic E-state index is 12.9. The summed E-state index contributed by atoms with van der Waals surface area (Å²) >= 11 is 0. The summed E-state index contributed by atoms with van der Waals surface area (Å²) in [5, 5.41) is 12.8. The Morgan fingerprint density at radius 2 is 1.47 bits per heavy atom. The molecule has 0 saturated heterocycles. The molecule has 7 nitrogen and oxygen atoms in total.